The first kappa shape index (κ1) is 16.0. The van der Waals surface area contributed by atoms with Gasteiger partial charge in [-0.05, 0) is 47.0 Å². The van der Waals surface area contributed by atoms with Gasteiger partial charge in [0, 0.05) is 33.6 Å². The van der Waals surface area contributed by atoms with Gasteiger partial charge in [0.05, 0.1) is 5.69 Å². The van der Waals surface area contributed by atoms with Crippen molar-refractivity contribution in [2.75, 3.05) is 32.5 Å². The standard InChI is InChI=1S/C18H24N4S/c1-12-16(14-8-5-6-9-15(14)20-12)17-13(2)23-18(21-17)19-10-7-11-22(3)4/h5-6,8-9,20H,7,10-11H2,1-4H3,(H,19,21). The first-order chi connectivity index (χ1) is 11.1. The summed E-state index contributed by atoms with van der Waals surface area (Å²) in [5.41, 5.74) is 4.68. The number of H-pyrrole nitrogens is 1. The lowest BCUT2D eigenvalue weighted by molar-refractivity contribution is 0.405. The molecule has 3 aromatic rings. The van der Waals surface area contributed by atoms with Crippen molar-refractivity contribution in [1.29, 1.82) is 0 Å². The zero-order valence-electron chi connectivity index (χ0n) is 14.2. The fraction of sp³-hybridized carbons (Fsp3) is 0.389. The summed E-state index contributed by atoms with van der Waals surface area (Å²) in [4.78, 5) is 11.8. The van der Waals surface area contributed by atoms with Crippen LogP contribution in [-0.2, 0) is 0 Å². The van der Waals surface area contributed by atoms with Gasteiger partial charge < -0.3 is 15.2 Å². The molecular weight excluding hydrogens is 304 g/mol. The van der Waals surface area contributed by atoms with Crippen LogP contribution in [0.15, 0.2) is 24.3 Å². The normalized spacial score (nSPS) is 11.5. The molecule has 2 heterocycles. The predicted octanol–water partition coefficient (Wildman–Crippen LogP) is 4.27. The molecule has 2 N–H and O–H groups in total. The molecule has 0 atom stereocenters. The molecule has 0 aliphatic rings. The Balaban J connectivity index is 1.84. The molecule has 0 radical (unpaired) electrons. The molecule has 0 aliphatic carbocycles. The largest absolute Gasteiger partial charge is 0.361 e. The molecule has 0 bridgehead atoms. The van der Waals surface area contributed by atoms with Crippen LogP contribution in [0.1, 0.15) is 17.0 Å². The lowest BCUT2D eigenvalue weighted by Gasteiger charge is -2.08. The van der Waals surface area contributed by atoms with E-state index in [2.05, 4.69) is 67.4 Å². The fourth-order valence-electron chi connectivity index (χ4n) is 2.88. The Morgan fingerprint density at radius 2 is 2.00 bits per heavy atom. The van der Waals surface area contributed by atoms with Gasteiger partial charge >= 0.3 is 0 Å². The van der Waals surface area contributed by atoms with E-state index in [0.29, 0.717) is 0 Å². The number of benzene rings is 1. The van der Waals surface area contributed by atoms with Crippen LogP contribution in [0.2, 0.25) is 0 Å². The highest BCUT2D eigenvalue weighted by Crippen LogP contribution is 2.36. The lowest BCUT2D eigenvalue weighted by Crippen LogP contribution is -2.16. The average Bonchev–Trinajstić information content (AvgIpc) is 3.02. The topological polar surface area (TPSA) is 44.0 Å². The Kier molecular flexibility index (Phi) is 4.68. The minimum Gasteiger partial charge on any atom is -0.361 e. The Morgan fingerprint density at radius 1 is 1.22 bits per heavy atom. The fourth-order valence-corrected chi connectivity index (χ4v) is 3.72. The van der Waals surface area contributed by atoms with Crippen molar-refractivity contribution in [3.05, 3.63) is 34.8 Å². The molecule has 0 fully saturated rings. The Labute approximate surface area is 141 Å². The number of fused-ring (bicyclic) bond motifs is 1. The van der Waals surface area contributed by atoms with Crippen molar-refractivity contribution in [3.63, 3.8) is 0 Å². The van der Waals surface area contributed by atoms with Crippen LogP contribution >= 0.6 is 11.3 Å². The summed E-state index contributed by atoms with van der Waals surface area (Å²) >= 11 is 1.74. The van der Waals surface area contributed by atoms with E-state index in [0.717, 1.165) is 30.3 Å². The van der Waals surface area contributed by atoms with Crippen LogP contribution < -0.4 is 5.32 Å². The summed E-state index contributed by atoms with van der Waals surface area (Å²) in [7, 11) is 4.21. The zero-order chi connectivity index (χ0) is 16.4. The second-order valence-corrected chi connectivity index (χ2v) is 7.38. The molecule has 2 aromatic heterocycles. The van der Waals surface area contributed by atoms with E-state index in [1.165, 1.54) is 27.0 Å². The first-order valence-electron chi connectivity index (χ1n) is 8.00. The third-order valence-corrected chi connectivity index (χ3v) is 4.91. The van der Waals surface area contributed by atoms with Crippen LogP contribution in [0.25, 0.3) is 22.2 Å². The maximum Gasteiger partial charge on any atom is 0.183 e. The van der Waals surface area contributed by atoms with Crippen molar-refractivity contribution in [1.82, 2.24) is 14.9 Å². The van der Waals surface area contributed by atoms with E-state index >= 15 is 0 Å². The zero-order valence-corrected chi connectivity index (χ0v) is 15.0. The van der Waals surface area contributed by atoms with Gasteiger partial charge in [0.25, 0.3) is 0 Å². The average molecular weight is 328 g/mol. The number of anilines is 1. The summed E-state index contributed by atoms with van der Waals surface area (Å²) in [6.07, 6.45) is 1.12. The molecular formula is C18H24N4S. The number of aryl methyl sites for hydroxylation is 2. The minimum absolute atomic E-state index is 0.956. The number of aromatic nitrogens is 2. The van der Waals surface area contributed by atoms with Gasteiger partial charge in [-0.1, -0.05) is 18.2 Å². The Bertz CT molecular complexity index is 801. The monoisotopic (exact) mass is 328 g/mol. The highest BCUT2D eigenvalue weighted by molar-refractivity contribution is 7.16. The number of nitrogens with one attached hydrogen (secondary N) is 2. The third kappa shape index (κ3) is 3.41. The number of hydrogen-bond acceptors (Lipinski definition) is 4. The van der Waals surface area contributed by atoms with Gasteiger partial charge in [0.2, 0.25) is 0 Å². The molecule has 5 heteroatoms. The van der Waals surface area contributed by atoms with Crippen molar-refractivity contribution in [2.24, 2.45) is 0 Å². The highest BCUT2D eigenvalue weighted by Gasteiger charge is 2.16. The molecule has 0 amide bonds. The first-order valence-corrected chi connectivity index (χ1v) is 8.81. The van der Waals surface area contributed by atoms with E-state index < -0.39 is 0 Å². The van der Waals surface area contributed by atoms with E-state index in [4.69, 9.17) is 4.98 Å². The van der Waals surface area contributed by atoms with Gasteiger partial charge in [0.15, 0.2) is 5.13 Å². The van der Waals surface area contributed by atoms with E-state index in [9.17, 15) is 0 Å². The summed E-state index contributed by atoms with van der Waals surface area (Å²) in [5.74, 6) is 0. The molecule has 0 saturated carbocycles. The number of nitrogens with zero attached hydrogens (tertiary/aromatic N) is 2. The maximum atomic E-state index is 4.85. The van der Waals surface area contributed by atoms with E-state index in [1.807, 2.05) is 0 Å². The van der Waals surface area contributed by atoms with Crippen LogP contribution in [0.3, 0.4) is 0 Å². The molecule has 0 saturated heterocycles. The summed E-state index contributed by atoms with van der Waals surface area (Å²) in [6, 6.07) is 8.43. The molecule has 1 aromatic carbocycles. The van der Waals surface area contributed by atoms with Gasteiger partial charge in [-0.3, -0.25) is 0 Å². The number of thiazole rings is 1. The van der Waals surface area contributed by atoms with Crippen LogP contribution in [0, 0.1) is 13.8 Å². The minimum atomic E-state index is 0.956. The van der Waals surface area contributed by atoms with Gasteiger partial charge in [-0.2, -0.15) is 0 Å². The maximum absolute atomic E-state index is 4.85. The number of para-hydroxylation sites is 1. The number of aromatic amines is 1. The van der Waals surface area contributed by atoms with Crippen molar-refractivity contribution >= 4 is 27.4 Å². The summed E-state index contributed by atoms with van der Waals surface area (Å²) in [6.45, 7) is 6.32. The van der Waals surface area contributed by atoms with Crippen molar-refractivity contribution < 1.29 is 0 Å². The van der Waals surface area contributed by atoms with E-state index in [1.54, 1.807) is 11.3 Å². The summed E-state index contributed by atoms with van der Waals surface area (Å²) in [5, 5.41) is 5.72. The summed E-state index contributed by atoms with van der Waals surface area (Å²) < 4.78 is 0. The SMILES string of the molecule is Cc1[nH]c2ccccc2c1-c1nc(NCCCN(C)C)sc1C. The number of hydrogen-bond donors (Lipinski definition) is 2. The molecule has 4 nitrogen and oxygen atoms in total. The lowest BCUT2D eigenvalue weighted by atomic mass is 10.1. The quantitative estimate of drug-likeness (QED) is 0.664. The molecule has 3 rings (SSSR count). The Hall–Kier alpha value is -1.85. The predicted molar refractivity (Wildman–Crippen MR) is 101 cm³/mol. The smallest absolute Gasteiger partial charge is 0.183 e. The molecule has 23 heavy (non-hydrogen) atoms. The second-order valence-electron chi connectivity index (χ2n) is 6.18. The van der Waals surface area contributed by atoms with Crippen LogP contribution in [0.4, 0.5) is 5.13 Å². The number of rotatable bonds is 6. The third-order valence-electron chi connectivity index (χ3n) is 3.99. The molecule has 0 unspecified atom stereocenters. The molecule has 0 spiro atoms. The van der Waals surface area contributed by atoms with Crippen LogP contribution in [0.5, 0.6) is 0 Å². The van der Waals surface area contributed by atoms with Crippen LogP contribution in [-0.4, -0.2) is 42.1 Å². The van der Waals surface area contributed by atoms with Gasteiger partial charge in [-0.15, -0.1) is 11.3 Å². The Morgan fingerprint density at radius 3 is 2.78 bits per heavy atom. The van der Waals surface area contributed by atoms with E-state index in [-0.39, 0.29) is 0 Å². The van der Waals surface area contributed by atoms with Gasteiger partial charge in [-0.25, -0.2) is 4.98 Å². The van der Waals surface area contributed by atoms with Gasteiger partial charge in [0.1, 0.15) is 0 Å². The molecule has 0 aliphatic heterocycles. The highest BCUT2D eigenvalue weighted by atomic mass is 32.1. The second kappa shape index (κ2) is 6.72. The van der Waals surface area contributed by atoms with Crippen molar-refractivity contribution in [3.8, 4) is 11.3 Å². The van der Waals surface area contributed by atoms with Crippen molar-refractivity contribution in [2.45, 2.75) is 20.3 Å². The molecule has 122 valence electrons.